The number of carbonyl (C=O) groups is 8. The van der Waals surface area contributed by atoms with Crippen molar-refractivity contribution in [2.45, 2.75) is 130 Å². The molecule has 123 heavy (non-hydrogen) atoms. The van der Waals surface area contributed by atoms with Crippen molar-refractivity contribution in [3.05, 3.63) is 147 Å². The molecule has 5 saturated heterocycles. The lowest BCUT2D eigenvalue weighted by Crippen LogP contribution is -2.48. The summed E-state index contributed by atoms with van der Waals surface area (Å²) in [5.41, 5.74) is 8.26. The van der Waals surface area contributed by atoms with Crippen LogP contribution in [0, 0.1) is 64.6 Å². The largest absolute Gasteiger partial charge is 0.419 e. The van der Waals surface area contributed by atoms with Crippen LogP contribution in [0.25, 0.3) is 0 Å². The average Bonchev–Trinajstić information content (AvgIpc) is 0.826. The molecule has 11 amide bonds. The van der Waals surface area contributed by atoms with Crippen LogP contribution in [0.3, 0.4) is 0 Å². The highest BCUT2D eigenvalue weighted by Crippen LogP contribution is 2.37. The number of amides is 11. The Labute approximate surface area is 714 Å². The molecule has 5 aromatic rings. The predicted molar refractivity (Wildman–Crippen MR) is 442 cm³/mol. The van der Waals surface area contributed by atoms with Crippen molar-refractivity contribution in [1.82, 2.24) is 40.0 Å². The number of aliphatic imine (C=N–C) groups is 2. The molecule has 11 N–H and O–H groups in total. The van der Waals surface area contributed by atoms with E-state index in [-0.39, 0.29) is 88.5 Å². The third-order valence-corrected chi connectivity index (χ3v) is 20.8. The summed E-state index contributed by atoms with van der Waals surface area (Å²) in [6.45, 7) is 16.9. The van der Waals surface area contributed by atoms with E-state index in [1.807, 2.05) is 44.4 Å². The number of anilines is 5. The quantitative estimate of drug-likeness (QED) is 0.0238. The van der Waals surface area contributed by atoms with E-state index in [9.17, 15) is 99.8 Å². The fraction of sp³-hybridized carbons (Fsp3) is 0.512. The molecule has 0 aromatic heterocycles. The number of hydrogen-bond donors (Lipinski definition) is 9. The molecule has 0 bridgehead atoms. The minimum Gasteiger partial charge on any atom is -0.370 e. The molecular weight excluding hydrogens is 1690 g/mol. The van der Waals surface area contributed by atoms with E-state index in [4.69, 9.17) is 34.7 Å². The van der Waals surface area contributed by atoms with Gasteiger partial charge in [0.05, 0.1) is 56.3 Å². The molecule has 25 nitrogen and oxygen atoms in total. The number of nitrogens with zero attached hydrogens (tertiary/aromatic N) is 8. The Balaban J connectivity index is 0.000000238. The number of likely N-dealkylation sites (tertiary alicyclic amines) is 5. The molecule has 5 unspecified atom stereocenters. The van der Waals surface area contributed by atoms with E-state index in [2.05, 4.69) is 47.2 Å². The molecule has 5 heterocycles. The van der Waals surface area contributed by atoms with Crippen molar-refractivity contribution >= 4 is 111 Å². The van der Waals surface area contributed by atoms with Crippen molar-refractivity contribution in [1.29, 1.82) is 0 Å². The maximum atomic E-state index is 13.6. The number of nitrogens with two attached hydrogens (primary N) is 2. The van der Waals surface area contributed by atoms with Crippen molar-refractivity contribution in [3.63, 3.8) is 0 Å². The van der Waals surface area contributed by atoms with Crippen molar-refractivity contribution in [2.75, 3.05) is 132 Å². The number of nitrogens with one attached hydrogen (secondary N) is 7. The lowest BCUT2D eigenvalue weighted by molar-refractivity contribution is -0.140. The van der Waals surface area contributed by atoms with Gasteiger partial charge in [-0.05, 0) is 181 Å². The second-order valence-electron chi connectivity index (χ2n) is 30.1. The molecule has 5 aromatic carbocycles. The first-order valence-corrected chi connectivity index (χ1v) is 40.8. The van der Waals surface area contributed by atoms with Crippen LogP contribution in [0.4, 0.5) is 104 Å². The Morgan fingerprint density at radius 2 is 0.732 bits per heavy atom. The predicted octanol–water partition coefficient (Wildman–Crippen LogP) is 16.0. The lowest BCUT2D eigenvalue weighted by Gasteiger charge is -2.34. The van der Waals surface area contributed by atoms with E-state index in [0.29, 0.717) is 163 Å². The van der Waals surface area contributed by atoms with Gasteiger partial charge in [-0.3, -0.25) is 34.0 Å². The maximum Gasteiger partial charge on any atom is 0.419 e. The number of rotatable bonds is 17. The molecule has 0 aliphatic carbocycles. The molecule has 0 radical (unpaired) electrons. The van der Waals surface area contributed by atoms with Gasteiger partial charge >= 0.3 is 36.6 Å². The highest BCUT2D eigenvalue weighted by atomic mass is 35.5. The second kappa shape index (κ2) is 47.9. The summed E-state index contributed by atoms with van der Waals surface area (Å²) in [7, 11) is 3.28. The second-order valence-corrected chi connectivity index (χ2v) is 31.0. The molecule has 41 heteroatoms. The van der Waals surface area contributed by atoms with E-state index in [0.717, 1.165) is 69.8 Å². The molecule has 5 aliphatic heterocycles. The summed E-state index contributed by atoms with van der Waals surface area (Å²) in [5, 5.41) is 18.3. The molecule has 0 saturated carbocycles. The van der Waals surface area contributed by atoms with Crippen LogP contribution >= 0.6 is 23.2 Å². The minimum absolute atomic E-state index is 0.0313. The standard InChI is InChI=1S/C18H23F4N3O2.2C17H21F4N3O2.C16H22ClFN4O.C14H18ClFN4O/c1-11(2)9-23-17(27)25-7-3-4-12(10-25)16(26)24-13-5-6-14(15(19)8-13)18(20,21)22;1-3-23(2)16(26)24-8-4-5-11(10-24)15(25)22-12-6-7-13(14(18)9-12)17(19,20)21;1-2-7-22-16(26)24-8-3-4-11(10-24)15(25)23-12-5-6-13(14(18)9-12)17(19,20)21;1-2-7-20-16(19)22-8-3-4-11(10-22)15(23)21-12-5-6-13(17)14(18)9-12;1-18-14(17)20-6-2-3-9(8-20)13(21)19-10-4-5-11(15)12(16)7-10/h5-6,8,11-12H,3-4,7,9-10H2,1-2H3,(H,23,27)(H,24,26);6-7,9,11H,3-5,8,10H2,1-2H3,(H,22,25);5-6,9,11H,2-4,7-8,10H2,1H3,(H,22,26)(H,23,25);5-6,9,11H,2-4,7-8,10H2,1H3,(H2,19,20)(H,21,23);4-5,7,9H,2-3,6,8H2,1H3,(H2,17,18)(H,19,21). The highest BCUT2D eigenvalue weighted by Gasteiger charge is 2.39. The zero-order valence-electron chi connectivity index (χ0n) is 69.1. The number of urea groups is 3. The van der Waals surface area contributed by atoms with Gasteiger partial charge in [0.1, 0.15) is 29.1 Å². The highest BCUT2D eigenvalue weighted by molar-refractivity contribution is 6.31. The molecule has 0 spiro atoms. The summed E-state index contributed by atoms with van der Waals surface area (Å²) in [5.74, 6) is -7.74. The minimum atomic E-state index is -4.79. The maximum absolute atomic E-state index is 13.6. The SMILES string of the molecule is CC(C)CNC(=O)N1CCCC(C(=O)Nc2ccc(C(F)(F)F)c(F)c2)C1.CCCN=C(N)N1CCCC(C(=O)Nc2ccc(Cl)c(F)c2)C1.CCCNC(=O)N1CCCC(C(=O)Nc2ccc(C(F)(F)F)c(F)c2)C1.CCN(C)C(=O)N1CCCC(C(=O)Nc2ccc(C(F)(F)F)c(F)c2)C1.CN=C(N)N1CCCC(C(=O)Nc2ccc(Cl)c(F)c2)C1. The monoisotopic (exact) mass is 1790 g/mol. The van der Waals surface area contributed by atoms with Gasteiger partial charge in [-0.15, -0.1) is 0 Å². The zero-order valence-corrected chi connectivity index (χ0v) is 70.6. The number of hydrogen-bond acceptors (Lipinski definition) is 10. The Hall–Kier alpha value is -10.6. The van der Waals surface area contributed by atoms with Gasteiger partial charge in [0, 0.05) is 134 Å². The summed E-state index contributed by atoms with van der Waals surface area (Å²) in [6, 6.07) is 14.5. The summed E-state index contributed by atoms with van der Waals surface area (Å²) < 4.78 is 181. The van der Waals surface area contributed by atoms with Crippen LogP contribution in [-0.2, 0) is 42.5 Å². The lowest BCUT2D eigenvalue weighted by atomic mass is 9.97. The van der Waals surface area contributed by atoms with Crippen LogP contribution in [0.15, 0.2) is 101 Å². The Morgan fingerprint density at radius 1 is 0.439 bits per heavy atom. The number of piperidine rings is 5. The summed E-state index contributed by atoms with van der Waals surface area (Å²) in [6.07, 6.45) is -5.80. The van der Waals surface area contributed by atoms with Crippen LogP contribution in [0.1, 0.15) is 128 Å². The van der Waals surface area contributed by atoms with Gasteiger partial charge in [-0.25, -0.2) is 36.3 Å². The van der Waals surface area contributed by atoms with Gasteiger partial charge in [0.25, 0.3) is 0 Å². The van der Waals surface area contributed by atoms with E-state index in [1.54, 1.807) is 36.0 Å². The number of guanidine groups is 2. The van der Waals surface area contributed by atoms with Crippen molar-refractivity contribution in [2.24, 2.45) is 57.0 Å². The number of halogens is 16. The van der Waals surface area contributed by atoms with Crippen molar-refractivity contribution in [3.8, 4) is 0 Å². The third-order valence-electron chi connectivity index (χ3n) is 20.2. The first-order valence-electron chi connectivity index (χ1n) is 40.1. The Kier molecular flexibility index (Phi) is 39.4. The van der Waals surface area contributed by atoms with Crippen LogP contribution in [0.5, 0.6) is 0 Å². The Morgan fingerprint density at radius 3 is 1.02 bits per heavy atom. The van der Waals surface area contributed by atoms with Crippen LogP contribution in [0.2, 0.25) is 10.0 Å². The first-order chi connectivity index (χ1) is 57.9. The van der Waals surface area contributed by atoms with E-state index >= 15 is 0 Å². The van der Waals surface area contributed by atoms with Crippen molar-refractivity contribution < 1.29 is 99.8 Å². The van der Waals surface area contributed by atoms with Crippen LogP contribution in [-0.4, -0.2) is 195 Å². The summed E-state index contributed by atoms with van der Waals surface area (Å²) >= 11 is 11.3. The fourth-order valence-corrected chi connectivity index (χ4v) is 13.6. The zero-order chi connectivity index (χ0) is 91.2. The topological polar surface area (TPSA) is 317 Å². The third kappa shape index (κ3) is 32.2. The fourth-order valence-electron chi connectivity index (χ4n) is 13.3. The molecule has 10 rings (SSSR count). The van der Waals surface area contributed by atoms with Crippen LogP contribution < -0.4 is 48.7 Å². The molecular formula is C82H105Cl2F14N17O8. The molecule has 5 aliphatic rings. The molecule has 5 atom stereocenters. The van der Waals surface area contributed by atoms with E-state index in [1.165, 1.54) is 34.1 Å². The van der Waals surface area contributed by atoms with E-state index < -0.39 is 99.8 Å². The molecule has 678 valence electrons. The normalized spacial score (nSPS) is 18.2. The first kappa shape index (κ1) is 101. The average molecular weight is 1790 g/mol. The number of carbonyl (C=O) groups excluding carboxylic acids is 8. The number of benzene rings is 5. The molecule has 5 fully saturated rings. The number of alkyl halides is 9. The smallest absolute Gasteiger partial charge is 0.370 e. The van der Waals surface area contributed by atoms with Gasteiger partial charge in [-0.1, -0.05) is 50.9 Å². The van der Waals surface area contributed by atoms with Gasteiger partial charge < -0.3 is 78.1 Å². The van der Waals surface area contributed by atoms with Gasteiger partial charge in [0.15, 0.2) is 11.9 Å². The van der Waals surface area contributed by atoms with Gasteiger partial charge in [-0.2, -0.15) is 39.5 Å². The Bertz CT molecular complexity index is 4470. The summed E-state index contributed by atoms with van der Waals surface area (Å²) in [4.78, 5) is 116. The van der Waals surface area contributed by atoms with Gasteiger partial charge in [0.2, 0.25) is 29.5 Å².